The van der Waals surface area contributed by atoms with Crippen LogP contribution in [0.25, 0.3) is 0 Å². The molecule has 1 aliphatic carbocycles. The molecule has 0 saturated heterocycles. The van der Waals surface area contributed by atoms with Gasteiger partial charge in [-0.3, -0.25) is 4.79 Å². The van der Waals surface area contributed by atoms with Gasteiger partial charge in [0.1, 0.15) is 11.9 Å². The SMILES string of the molecule is CCOC(=O)C1=CC[C@H]2Oc3cc(C)c(Br)cc3C(=O)[C@@H]2C1. The summed E-state index contributed by atoms with van der Waals surface area (Å²) in [7, 11) is 0. The van der Waals surface area contributed by atoms with Gasteiger partial charge in [0.05, 0.1) is 18.1 Å². The maximum absolute atomic E-state index is 12.8. The lowest BCUT2D eigenvalue weighted by atomic mass is 9.79. The normalized spacial score (nSPS) is 23.0. The third-order valence-corrected chi connectivity index (χ3v) is 5.02. The van der Waals surface area contributed by atoms with Crippen LogP contribution < -0.4 is 4.74 Å². The number of benzene rings is 1. The molecule has 0 aromatic heterocycles. The standard InChI is InChI=1S/C17H17BrO4/c1-3-21-17(20)10-4-5-14-11(7-10)16(19)12-8-13(18)9(2)6-15(12)22-14/h4,6,8,11,14H,3,5,7H2,1-2H3/t11-,14-/m1/s1. The van der Waals surface area contributed by atoms with Crippen molar-refractivity contribution in [3.05, 3.63) is 39.4 Å². The van der Waals surface area contributed by atoms with E-state index in [0.717, 1.165) is 10.0 Å². The quantitative estimate of drug-likeness (QED) is 0.752. The Hall–Kier alpha value is -1.62. The molecule has 2 atom stereocenters. The number of esters is 1. The molecule has 116 valence electrons. The van der Waals surface area contributed by atoms with Crippen molar-refractivity contribution in [2.75, 3.05) is 6.61 Å². The molecule has 1 aromatic carbocycles. The Kier molecular flexibility index (Phi) is 4.08. The Bertz CT molecular complexity index is 677. The number of carbonyl (C=O) groups excluding carboxylic acids is 2. The van der Waals surface area contributed by atoms with E-state index < -0.39 is 0 Å². The summed E-state index contributed by atoms with van der Waals surface area (Å²) >= 11 is 3.45. The first kappa shape index (κ1) is 15.3. The number of hydrogen-bond acceptors (Lipinski definition) is 4. The number of hydrogen-bond donors (Lipinski definition) is 0. The van der Waals surface area contributed by atoms with Crippen LogP contribution in [0, 0.1) is 12.8 Å². The lowest BCUT2D eigenvalue weighted by molar-refractivity contribution is -0.138. The van der Waals surface area contributed by atoms with Crippen LogP contribution in [0.2, 0.25) is 0 Å². The minimum Gasteiger partial charge on any atom is -0.489 e. The van der Waals surface area contributed by atoms with Crippen molar-refractivity contribution in [1.82, 2.24) is 0 Å². The second-order valence-electron chi connectivity index (χ2n) is 5.61. The Labute approximate surface area is 137 Å². The van der Waals surface area contributed by atoms with Crippen molar-refractivity contribution in [3.8, 4) is 5.75 Å². The zero-order chi connectivity index (χ0) is 15.9. The van der Waals surface area contributed by atoms with E-state index in [0.29, 0.717) is 36.3 Å². The molecule has 1 aromatic rings. The molecule has 0 N–H and O–H groups in total. The van der Waals surface area contributed by atoms with E-state index >= 15 is 0 Å². The Morgan fingerprint density at radius 3 is 2.95 bits per heavy atom. The Balaban J connectivity index is 1.89. The fraction of sp³-hybridized carbons (Fsp3) is 0.412. The van der Waals surface area contributed by atoms with Gasteiger partial charge >= 0.3 is 5.97 Å². The number of halogens is 1. The van der Waals surface area contributed by atoms with Gasteiger partial charge in [0.25, 0.3) is 0 Å². The molecule has 1 aliphatic heterocycles. The molecule has 0 spiro atoms. The van der Waals surface area contributed by atoms with E-state index in [1.165, 1.54) is 0 Å². The first-order valence-electron chi connectivity index (χ1n) is 7.38. The monoisotopic (exact) mass is 364 g/mol. The zero-order valence-corrected chi connectivity index (χ0v) is 14.1. The van der Waals surface area contributed by atoms with Gasteiger partial charge in [0.15, 0.2) is 5.78 Å². The highest BCUT2D eigenvalue weighted by Crippen LogP contribution is 2.40. The number of rotatable bonds is 2. The number of ketones is 1. The molecule has 1 heterocycles. The third-order valence-electron chi connectivity index (χ3n) is 4.16. The molecule has 0 amide bonds. The molecular formula is C17H17BrO4. The molecule has 5 heteroatoms. The maximum atomic E-state index is 12.8. The van der Waals surface area contributed by atoms with E-state index in [4.69, 9.17) is 9.47 Å². The summed E-state index contributed by atoms with van der Waals surface area (Å²) in [6, 6.07) is 3.70. The summed E-state index contributed by atoms with van der Waals surface area (Å²) in [5.74, 6) is 0.0397. The van der Waals surface area contributed by atoms with Crippen LogP contribution in [0.1, 0.15) is 35.7 Å². The van der Waals surface area contributed by atoms with E-state index in [1.54, 1.807) is 6.92 Å². The lowest BCUT2D eigenvalue weighted by Gasteiger charge is -2.35. The van der Waals surface area contributed by atoms with Gasteiger partial charge in [0, 0.05) is 16.5 Å². The van der Waals surface area contributed by atoms with Crippen molar-refractivity contribution in [3.63, 3.8) is 0 Å². The van der Waals surface area contributed by atoms with Gasteiger partial charge in [-0.25, -0.2) is 4.79 Å². The van der Waals surface area contributed by atoms with E-state index in [2.05, 4.69) is 15.9 Å². The van der Waals surface area contributed by atoms with Crippen LogP contribution in [0.15, 0.2) is 28.3 Å². The highest BCUT2D eigenvalue weighted by atomic mass is 79.9. The second kappa shape index (κ2) is 5.88. The van der Waals surface area contributed by atoms with Crippen molar-refractivity contribution in [2.24, 2.45) is 5.92 Å². The zero-order valence-electron chi connectivity index (χ0n) is 12.5. The number of carbonyl (C=O) groups is 2. The highest BCUT2D eigenvalue weighted by molar-refractivity contribution is 9.10. The largest absolute Gasteiger partial charge is 0.489 e. The summed E-state index contributed by atoms with van der Waals surface area (Å²) < 4.78 is 11.9. The molecule has 0 fully saturated rings. The molecule has 0 saturated carbocycles. The summed E-state index contributed by atoms with van der Waals surface area (Å²) in [6.45, 7) is 4.07. The Morgan fingerprint density at radius 1 is 1.45 bits per heavy atom. The highest BCUT2D eigenvalue weighted by Gasteiger charge is 2.40. The van der Waals surface area contributed by atoms with Crippen LogP contribution >= 0.6 is 15.9 Å². The fourth-order valence-corrected chi connectivity index (χ4v) is 3.31. The van der Waals surface area contributed by atoms with Gasteiger partial charge in [-0.1, -0.05) is 22.0 Å². The average Bonchev–Trinajstić information content (AvgIpc) is 2.50. The van der Waals surface area contributed by atoms with Gasteiger partial charge in [-0.2, -0.15) is 0 Å². The molecule has 0 radical (unpaired) electrons. The van der Waals surface area contributed by atoms with Crippen molar-refractivity contribution < 1.29 is 19.1 Å². The van der Waals surface area contributed by atoms with Gasteiger partial charge in [-0.15, -0.1) is 0 Å². The molecule has 3 rings (SSSR count). The van der Waals surface area contributed by atoms with Gasteiger partial charge in [0.2, 0.25) is 0 Å². The first-order chi connectivity index (χ1) is 10.5. The maximum Gasteiger partial charge on any atom is 0.333 e. The lowest BCUT2D eigenvalue weighted by Crippen LogP contribution is -2.40. The smallest absolute Gasteiger partial charge is 0.333 e. The van der Waals surface area contributed by atoms with Crippen molar-refractivity contribution >= 4 is 27.7 Å². The topological polar surface area (TPSA) is 52.6 Å². The number of aryl methyl sites for hydroxylation is 1. The second-order valence-corrected chi connectivity index (χ2v) is 6.47. The number of Topliss-reactive ketones (excluding diaryl/α,β-unsaturated/α-hetero) is 1. The first-order valence-corrected chi connectivity index (χ1v) is 8.17. The minimum atomic E-state index is -0.329. The predicted octanol–water partition coefficient (Wildman–Crippen LogP) is 3.60. The van der Waals surface area contributed by atoms with E-state index in [-0.39, 0.29) is 23.8 Å². The van der Waals surface area contributed by atoms with Gasteiger partial charge in [-0.05, 0) is 38.0 Å². The summed E-state index contributed by atoms with van der Waals surface area (Å²) in [5, 5.41) is 0. The van der Waals surface area contributed by atoms with E-state index in [1.807, 2.05) is 25.1 Å². The minimum absolute atomic E-state index is 0.0434. The number of fused-ring (bicyclic) bond motifs is 2. The van der Waals surface area contributed by atoms with E-state index in [9.17, 15) is 9.59 Å². The molecule has 2 aliphatic rings. The fourth-order valence-electron chi connectivity index (χ4n) is 2.96. The third kappa shape index (κ3) is 2.58. The molecule has 0 unspecified atom stereocenters. The van der Waals surface area contributed by atoms with Crippen molar-refractivity contribution in [1.29, 1.82) is 0 Å². The van der Waals surface area contributed by atoms with Crippen molar-refractivity contribution in [2.45, 2.75) is 32.8 Å². The molecule has 4 nitrogen and oxygen atoms in total. The Morgan fingerprint density at radius 2 is 2.23 bits per heavy atom. The van der Waals surface area contributed by atoms with Crippen LogP contribution in [-0.2, 0) is 9.53 Å². The van der Waals surface area contributed by atoms with Crippen LogP contribution in [0.5, 0.6) is 5.75 Å². The summed E-state index contributed by atoms with van der Waals surface area (Å²) in [6.07, 6.45) is 2.58. The average molecular weight is 365 g/mol. The van der Waals surface area contributed by atoms with Crippen LogP contribution in [0.4, 0.5) is 0 Å². The molecule has 0 bridgehead atoms. The van der Waals surface area contributed by atoms with Crippen LogP contribution in [-0.4, -0.2) is 24.5 Å². The molecule has 22 heavy (non-hydrogen) atoms. The molecular weight excluding hydrogens is 348 g/mol. The summed E-state index contributed by atoms with van der Waals surface area (Å²) in [4.78, 5) is 24.6. The van der Waals surface area contributed by atoms with Gasteiger partial charge < -0.3 is 9.47 Å². The number of ether oxygens (including phenoxy) is 2. The summed E-state index contributed by atoms with van der Waals surface area (Å²) in [5.41, 5.74) is 2.20. The van der Waals surface area contributed by atoms with Crippen LogP contribution in [0.3, 0.4) is 0 Å². The predicted molar refractivity (Wildman–Crippen MR) is 85.1 cm³/mol.